The van der Waals surface area contributed by atoms with E-state index >= 15 is 0 Å². The maximum atomic E-state index is 11.8. The van der Waals surface area contributed by atoms with Gasteiger partial charge in [0.2, 0.25) is 0 Å². The van der Waals surface area contributed by atoms with Crippen molar-refractivity contribution in [3.8, 4) is 11.5 Å². The topological polar surface area (TPSA) is 63.2 Å². The molecular formula is C12H15O6P. The molecule has 0 unspecified atom stereocenters. The number of hydrogen-bond donors (Lipinski definition) is 0. The van der Waals surface area contributed by atoms with Gasteiger partial charge in [0.1, 0.15) is 0 Å². The molecule has 0 spiro atoms. The molecule has 6 nitrogen and oxygen atoms in total. The van der Waals surface area contributed by atoms with Gasteiger partial charge in [-0.3, -0.25) is 0 Å². The molecule has 0 radical (unpaired) electrons. The van der Waals surface area contributed by atoms with Crippen LogP contribution in [-0.4, -0.2) is 25.5 Å². The minimum absolute atomic E-state index is 0.347. The summed E-state index contributed by atoms with van der Waals surface area (Å²) in [6, 6.07) is 7.11. The van der Waals surface area contributed by atoms with E-state index in [-0.39, 0.29) is 0 Å². The zero-order valence-electron chi connectivity index (χ0n) is 10.7. The summed E-state index contributed by atoms with van der Waals surface area (Å²) in [6.07, 6.45) is -1.05. The highest BCUT2D eigenvalue weighted by molar-refractivity contribution is 7.43. The summed E-state index contributed by atoms with van der Waals surface area (Å²) in [7, 11) is -1.77. The van der Waals surface area contributed by atoms with Crippen molar-refractivity contribution in [3.63, 3.8) is 0 Å². The second kappa shape index (κ2) is 6.70. The Balaban J connectivity index is 1.90. The van der Waals surface area contributed by atoms with Gasteiger partial charge in [0, 0.05) is 13.2 Å². The summed E-state index contributed by atoms with van der Waals surface area (Å²) in [6.45, 7) is 4.23. The van der Waals surface area contributed by atoms with Crippen molar-refractivity contribution >= 4 is 14.6 Å². The molecule has 1 heterocycles. The first-order valence-electron chi connectivity index (χ1n) is 5.94. The van der Waals surface area contributed by atoms with E-state index in [1.165, 1.54) is 0 Å². The van der Waals surface area contributed by atoms with Gasteiger partial charge in [0.05, 0.1) is 0 Å². The van der Waals surface area contributed by atoms with E-state index < -0.39 is 20.9 Å². The SMILES string of the molecule is CCOC(OCC)C(=O)OP1Oc2ccccc2O1. The lowest BCUT2D eigenvalue weighted by atomic mass is 10.3. The lowest BCUT2D eigenvalue weighted by Gasteiger charge is -2.16. The molecule has 0 bridgehead atoms. The Morgan fingerprint density at radius 3 is 2.16 bits per heavy atom. The van der Waals surface area contributed by atoms with Gasteiger partial charge in [-0.25, -0.2) is 4.79 Å². The summed E-state index contributed by atoms with van der Waals surface area (Å²) < 4.78 is 26.1. The predicted molar refractivity (Wildman–Crippen MR) is 67.8 cm³/mol. The van der Waals surface area contributed by atoms with Crippen LogP contribution in [0.2, 0.25) is 0 Å². The van der Waals surface area contributed by atoms with E-state index in [9.17, 15) is 4.79 Å². The highest BCUT2D eigenvalue weighted by atomic mass is 31.2. The Morgan fingerprint density at radius 2 is 1.68 bits per heavy atom. The Kier molecular flexibility index (Phi) is 4.96. The summed E-state index contributed by atoms with van der Waals surface area (Å²) in [5.74, 6) is 0.471. The zero-order chi connectivity index (χ0) is 13.7. The van der Waals surface area contributed by atoms with Crippen LogP contribution in [0, 0.1) is 0 Å². The summed E-state index contributed by atoms with van der Waals surface area (Å²) in [4.78, 5) is 11.8. The minimum atomic E-state index is -1.77. The third-order valence-corrected chi connectivity index (χ3v) is 3.21. The number of fused-ring (bicyclic) bond motifs is 1. The first-order chi connectivity index (χ1) is 9.24. The second-order valence-electron chi connectivity index (χ2n) is 3.51. The Labute approximate surface area is 112 Å². The molecule has 0 atom stereocenters. The molecule has 104 valence electrons. The molecule has 1 aromatic rings. The van der Waals surface area contributed by atoms with Crippen LogP contribution in [0.4, 0.5) is 0 Å². The first kappa shape index (κ1) is 14.1. The molecule has 2 rings (SSSR count). The number of carbonyl (C=O) groups excluding carboxylic acids is 1. The number of carbonyl (C=O) groups is 1. The van der Waals surface area contributed by atoms with Gasteiger partial charge in [-0.2, -0.15) is 0 Å². The predicted octanol–water partition coefficient (Wildman–Crippen LogP) is 2.63. The van der Waals surface area contributed by atoms with Crippen LogP contribution < -0.4 is 9.05 Å². The van der Waals surface area contributed by atoms with E-state index in [1.807, 2.05) is 12.1 Å². The molecule has 0 saturated carbocycles. The van der Waals surface area contributed by atoms with Gasteiger partial charge in [0.15, 0.2) is 11.5 Å². The molecule has 0 fully saturated rings. The van der Waals surface area contributed by atoms with E-state index in [2.05, 4.69) is 0 Å². The van der Waals surface area contributed by atoms with Crippen molar-refractivity contribution in [3.05, 3.63) is 24.3 Å². The lowest BCUT2D eigenvalue weighted by Crippen LogP contribution is -2.29. The third-order valence-electron chi connectivity index (χ3n) is 2.19. The fourth-order valence-corrected chi connectivity index (χ4v) is 2.39. The molecule has 1 aliphatic rings. The largest absolute Gasteiger partial charge is 0.532 e. The minimum Gasteiger partial charge on any atom is -0.404 e. The van der Waals surface area contributed by atoms with E-state index in [0.717, 1.165) is 0 Å². The van der Waals surface area contributed by atoms with Crippen LogP contribution in [0.25, 0.3) is 0 Å². The normalized spacial score (nSPS) is 13.8. The monoisotopic (exact) mass is 286 g/mol. The molecule has 0 aromatic heterocycles. The van der Waals surface area contributed by atoms with Crippen LogP contribution in [-0.2, 0) is 18.8 Å². The summed E-state index contributed by atoms with van der Waals surface area (Å²) in [5, 5.41) is 0. The molecule has 1 aromatic carbocycles. The fourth-order valence-electron chi connectivity index (χ4n) is 1.42. The smallest absolute Gasteiger partial charge is 0.404 e. The quantitative estimate of drug-likeness (QED) is 0.591. The van der Waals surface area contributed by atoms with Crippen molar-refractivity contribution in [2.24, 2.45) is 0 Å². The molecule has 1 aliphatic heterocycles. The summed E-state index contributed by atoms with van der Waals surface area (Å²) >= 11 is 0. The Hall–Kier alpha value is -1.36. The van der Waals surface area contributed by atoms with Crippen molar-refractivity contribution in [2.45, 2.75) is 20.1 Å². The molecule has 0 N–H and O–H groups in total. The van der Waals surface area contributed by atoms with E-state index in [1.54, 1.807) is 26.0 Å². The number of ether oxygens (including phenoxy) is 2. The van der Waals surface area contributed by atoms with Crippen LogP contribution >= 0.6 is 8.60 Å². The number of rotatable bonds is 6. The first-order valence-corrected chi connectivity index (χ1v) is 7.04. The number of hydrogen-bond acceptors (Lipinski definition) is 6. The van der Waals surface area contributed by atoms with Crippen molar-refractivity contribution in [1.29, 1.82) is 0 Å². The summed E-state index contributed by atoms with van der Waals surface area (Å²) in [5.41, 5.74) is 0. The van der Waals surface area contributed by atoms with Gasteiger partial charge in [0.25, 0.3) is 6.29 Å². The maximum absolute atomic E-state index is 11.8. The lowest BCUT2D eigenvalue weighted by molar-refractivity contribution is -0.184. The van der Waals surface area contributed by atoms with Crippen molar-refractivity contribution in [1.82, 2.24) is 0 Å². The Bertz CT molecular complexity index is 407. The van der Waals surface area contributed by atoms with Gasteiger partial charge in [-0.15, -0.1) is 0 Å². The number of benzene rings is 1. The van der Waals surface area contributed by atoms with Crippen molar-refractivity contribution in [2.75, 3.05) is 13.2 Å². The van der Waals surface area contributed by atoms with Gasteiger partial charge < -0.3 is 23.0 Å². The Morgan fingerprint density at radius 1 is 1.16 bits per heavy atom. The van der Waals surface area contributed by atoms with E-state index in [0.29, 0.717) is 24.7 Å². The van der Waals surface area contributed by atoms with Crippen LogP contribution in [0.5, 0.6) is 11.5 Å². The molecule has 19 heavy (non-hydrogen) atoms. The van der Waals surface area contributed by atoms with Crippen molar-refractivity contribution < 1.29 is 27.8 Å². The van der Waals surface area contributed by atoms with Gasteiger partial charge in [-0.1, -0.05) is 12.1 Å². The standard InChI is InChI=1S/C12H15O6P/c1-3-14-12(15-4-2)11(13)18-19-16-9-7-5-6-8-10(9)17-19/h5-8,12H,3-4H2,1-2H3. The van der Waals surface area contributed by atoms with Crippen LogP contribution in [0.15, 0.2) is 24.3 Å². The molecular weight excluding hydrogens is 271 g/mol. The second-order valence-corrected chi connectivity index (χ2v) is 4.50. The maximum Gasteiger partial charge on any atom is 0.532 e. The highest BCUT2D eigenvalue weighted by Crippen LogP contribution is 2.52. The average molecular weight is 286 g/mol. The average Bonchev–Trinajstić information content (AvgIpc) is 2.80. The van der Waals surface area contributed by atoms with Gasteiger partial charge in [-0.05, 0) is 26.0 Å². The van der Waals surface area contributed by atoms with Crippen LogP contribution in [0.1, 0.15) is 13.8 Å². The fraction of sp³-hybridized carbons (Fsp3) is 0.417. The van der Waals surface area contributed by atoms with E-state index in [4.69, 9.17) is 23.0 Å². The van der Waals surface area contributed by atoms with Gasteiger partial charge >= 0.3 is 14.6 Å². The zero-order valence-corrected chi connectivity index (χ0v) is 11.6. The molecule has 0 saturated heterocycles. The highest BCUT2D eigenvalue weighted by Gasteiger charge is 2.34. The third kappa shape index (κ3) is 3.56. The number of para-hydroxylation sites is 2. The molecule has 0 amide bonds. The molecule has 7 heteroatoms. The molecule has 0 aliphatic carbocycles. The van der Waals surface area contributed by atoms with Crippen LogP contribution in [0.3, 0.4) is 0 Å².